The van der Waals surface area contributed by atoms with Gasteiger partial charge in [0.25, 0.3) is 0 Å². The van der Waals surface area contributed by atoms with E-state index in [-0.39, 0.29) is 0 Å². The Bertz CT molecular complexity index is 510. The fourth-order valence-corrected chi connectivity index (χ4v) is 2.26. The minimum Gasteiger partial charge on any atom is -0.457 e. The zero-order valence-corrected chi connectivity index (χ0v) is 12.8. The van der Waals surface area contributed by atoms with Gasteiger partial charge in [-0.2, -0.15) is 0 Å². The van der Waals surface area contributed by atoms with E-state index >= 15 is 0 Å². The van der Waals surface area contributed by atoms with Gasteiger partial charge >= 0.3 is 0 Å². The summed E-state index contributed by atoms with van der Waals surface area (Å²) in [6.07, 6.45) is 6.52. The molecule has 0 aliphatic heterocycles. The first-order valence-corrected chi connectivity index (χ1v) is 7.95. The Labute approximate surface area is 128 Å². The summed E-state index contributed by atoms with van der Waals surface area (Å²) in [5.74, 6) is 1.74. The van der Waals surface area contributed by atoms with E-state index in [0.717, 1.165) is 23.7 Å². The molecule has 0 heterocycles. The van der Waals surface area contributed by atoms with Crippen molar-refractivity contribution in [3.63, 3.8) is 0 Å². The molecular formula is C19H25NO. The molecule has 0 bridgehead atoms. The number of hydrogen-bond donors (Lipinski definition) is 1. The SMILES string of the molecule is CCCCCCCNc1cccc(Oc2ccccc2)c1. The summed E-state index contributed by atoms with van der Waals surface area (Å²) in [4.78, 5) is 0. The highest BCUT2D eigenvalue weighted by atomic mass is 16.5. The Morgan fingerprint density at radius 2 is 1.57 bits per heavy atom. The summed E-state index contributed by atoms with van der Waals surface area (Å²) >= 11 is 0. The predicted molar refractivity (Wildman–Crippen MR) is 90.2 cm³/mol. The van der Waals surface area contributed by atoms with Gasteiger partial charge in [0.05, 0.1) is 0 Å². The molecule has 0 aliphatic rings. The van der Waals surface area contributed by atoms with Gasteiger partial charge in [0.1, 0.15) is 11.5 Å². The molecular weight excluding hydrogens is 258 g/mol. The number of benzene rings is 2. The van der Waals surface area contributed by atoms with E-state index in [4.69, 9.17) is 4.74 Å². The largest absolute Gasteiger partial charge is 0.457 e. The summed E-state index contributed by atoms with van der Waals surface area (Å²) in [6, 6.07) is 18.0. The topological polar surface area (TPSA) is 21.3 Å². The summed E-state index contributed by atoms with van der Waals surface area (Å²) in [5, 5.41) is 3.47. The highest BCUT2D eigenvalue weighted by Gasteiger charge is 1.98. The Morgan fingerprint density at radius 1 is 0.810 bits per heavy atom. The van der Waals surface area contributed by atoms with Crippen LogP contribution in [0.25, 0.3) is 0 Å². The highest BCUT2D eigenvalue weighted by Crippen LogP contribution is 2.23. The lowest BCUT2D eigenvalue weighted by atomic mass is 10.1. The van der Waals surface area contributed by atoms with Crippen molar-refractivity contribution in [2.24, 2.45) is 0 Å². The van der Waals surface area contributed by atoms with Crippen molar-refractivity contribution in [1.29, 1.82) is 0 Å². The van der Waals surface area contributed by atoms with Crippen LogP contribution in [0.4, 0.5) is 5.69 Å². The quantitative estimate of drug-likeness (QED) is 0.582. The van der Waals surface area contributed by atoms with Crippen LogP contribution in [0.3, 0.4) is 0 Å². The summed E-state index contributed by atoms with van der Waals surface area (Å²) in [7, 11) is 0. The maximum atomic E-state index is 5.84. The fraction of sp³-hybridized carbons (Fsp3) is 0.368. The zero-order chi connectivity index (χ0) is 14.8. The van der Waals surface area contributed by atoms with E-state index in [1.807, 2.05) is 42.5 Å². The number of para-hydroxylation sites is 1. The van der Waals surface area contributed by atoms with Crippen LogP contribution in [-0.4, -0.2) is 6.54 Å². The molecule has 2 rings (SSSR count). The van der Waals surface area contributed by atoms with Crippen LogP contribution in [0.2, 0.25) is 0 Å². The van der Waals surface area contributed by atoms with Gasteiger partial charge in [0.2, 0.25) is 0 Å². The van der Waals surface area contributed by atoms with E-state index in [0.29, 0.717) is 0 Å². The number of ether oxygens (including phenoxy) is 1. The first kappa shape index (κ1) is 15.4. The molecule has 21 heavy (non-hydrogen) atoms. The average Bonchev–Trinajstić information content (AvgIpc) is 2.52. The molecule has 0 amide bonds. The van der Waals surface area contributed by atoms with E-state index in [2.05, 4.69) is 24.4 Å². The van der Waals surface area contributed by atoms with Crippen LogP contribution in [0.1, 0.15) is 39.0 Å². The van der Waals surface area contributed by atoms with E-state index in [9.17, 15) is 0 Å². The van der Waals surface area contributed by atoms with Crippen molar-refractivity contribution in [2.45, 2.75) is 39.0 Å². The smallest absolute Gasteiger partial charge is 0.129 e. The second kappa shape index (κ2) is 9.06. The number of nitrogens with one attached hydrogen (secondary N) is 1. The van der Waals surface area contributed by atoms with Crippen LogP contribution in [-0.2, 0) is 0 Å². The van der Waals surface area contributed by atoms with E-state index < -0.39 is 0 Å². The first-order valence-electron chi connectivity index (χ1n) is 7.95. The number of unbranched alkanes of at least 4 members (excludes halogenated alkanes) is 4. The van der Waals surface area contributed by atoms with Crippen molar-refractivity contribution in [2.75, 3.05) is 11.9 Å². The zero-order valence-electron chi connectivity index (χ0n) is 12.8. The van der Waals surface area contributed by atoms with Gasteiger partial charge in [-0.3, -0.25) is 0 Å². The molecule has 0 atom stereocenters. The van der Waals surface area contributed by atoms with Crippen LogP contribution in [0, 0.1) is 0 Å². The number of hydrogen-bond acceptors (Lipinski definition) is 2. The van der Waals surface area contributed by atoms with Gasteiger partial charge in [-0.25, -0.2) is 0 Å². The predicted octanol–water partition coefficient (Wildman–Crippen LogP) is 5.86. The van der Waals surface area contributed by atoms with E-state index in [1.54, 1.807) is 0 Å². The van der Waals surface area contributed by atoms with Gasteiger partial charge in [-0.1, -0.05) is 56.9 Å². The Kier molecular flexibility index (Phi) is 6.66. The van der Waals surface area contributed by atoms with Crippen molar-refractivity contribution in [3.8, 4) is 11.5 Å². The third kappa shape index (κ3) is 5.90. The molecule has 0 radical (unpaired) electrons. The maximum absolute atomic E-state index is 5.84. The van der Waals surface area contributed by atoms with Gasteiger partial charge in [-0.05, 0) is 30.7 Å². The second-order valence-corrected chi connectivity index (χ2v) is 5.28. The minimum absolute atomic E-state index is 0.870. The highest BCUT2D eigenvalue weighted by molar-refractivity contribution is 5.49. The number of rotatable bonds is 9. The molecule has 2 aromatic rings. The Morgan fingerprint density at radius 3 is 2.38 bits per heavy atom. The molecule has 1 N–H and O–H groups in total. The molecule has 0 aliphatic carbocycles. The molecule has 2 aromatic carbocycles. The summed E-state index contributed by atoms with van der Waals surface area (Å²) in [6.45, 7) is 3.27. The molecule has 0 unspecified atom stereocenters. The molecule has 0 saturated carbocycles. The Hall–Kier alpha value is -1.96. The third-order valence-corrected chi connectivity index (χ3v) is 3.42. The monoisotopic (exact) mass is 283 g/mol. The molecule has 0 saturated heterocycles. The standard InChI is InChI=1S/C19H25NO/c1-2-3-4-5-9-15-20-17-11-10-14-19(16-17)21-18-12-7-6-8-13-18/h6-8,10-14,16,20H,2-5,9,15H2,1H3. The van der Waals surface area contributed by atoms with Gasteiger partial charge in [0.15, 0.2) is 0 Å². The molecule has 0 aromatic heterocycles. The first-order chi connectivity index (χ1) is 10.4. The third-order valence-electron chi connectivity index (χ3n) is 3.42. The molecule has 0 fully saturated rings. The van der Waals surface area contributed by atoms with Crippen LogP contribution >= 0.6 is 0 Å². The summed E-state index contributed by atoms with van der Waals surface area (Å²) < 4.78 is 5.84. The van der Waals surface area contributed by atoms with Gasteiger partial charge in [0, 0.05) is 18.3 Å². The Balaban J connectivity index is 1.78. The lowest BCUT2D eigenvalue weighted by Crippen LogP contribution is -2.01. The minimum atomic E-state index is 0.870. The van der Waals surface area contributed by atoms with Crippen molar-refractivity contribution >= 4 is 5.69 Å². The van der Waals surface area contributed by atoms with Gasteiger partial charge in [-0.15, -0.1) is 0 Å². The van der Waals surface area contributed by atoms with Crippen molar-refractivity contribution in [3.05, 3.63) is 54.6 Å². The summed E-state index contributed by atoms with van der Waals surface area (Å²) in [5.41, 5.74) is 1.12. The fourth-order valence-electron chi connectivity index (χ4n) is 2.26. The average molecular weight is 283 g/mol. The molecule has 0 spiro atoms. The lowest BCUT2D eigenvalue weighted by molar-refractivity contribution is 0.483. The van der Waals surface area contributed by atoms with Crippen LogP contribution in [0.15, 0.2) is 54.6 Å². The van der Waals surface area contributed by atoms with Crippen LogP contribution in [0.5, 0.6) is 11.5 Å². The second-order valence-electron chi connectivity index (χ2n) is 5.28. The maximum Gasteiger partial charge on any atom is 0.129 e. The number of anilines is 1. The van der Waals surface area contributed by atoms with E-state index in [1.165, 1.54) is 32.1 Å². The van der Waals surface area contributed by atoms with Crippen molar-refractivity contribution < 1.29 is 4.74 Å². The molecule has 112 valence electrons. The van der Waals surface area contributed by atoms with Crippen LogP contribution < -0.4 is 10.1 Å². The molecule has 2 heteroatoms. The molecule has 2 nitrogen and oxygen atoms in total. The van der Waals surface area contributed by atoms with Gasteiger partial charge < -0.3 is 10.1 Å². The lowest BCUT2D eigenvalue weighted by Gasteiger charge is -2.09. The van der Waals surface area contributed by atoms with Crippen molar-refractivity contribution in [1.82, 2.24) is 0 Å². The normalized spacial score (nSPS) is 10.3.